The Bertz CT molecular complexity index is 513. The number of benzene rings is 1. The molecule has 0 aromatic heterocycles. The van der Waals surface area contributed by atoms with Crippen molar-refractivity contribution in [2.45, 2.75) is 31.7 Å². The van der Waals surface area contributed by atoms with Crippen molar-refractivity contribution >= 4 is 21.6 Å². The van der Waals surface area contributed by atoms with Crippen molar-refractivity contribution in [2.75, 3.05) is 24.5 Å². The van der Waals surface area contributed by atoms with Gasteiger partial charge in [0.1, 0.15) is 6.07 Å². The van der Waals surface area contributed by atoms with Gasteiger partial charge >= 0.3 is 0 Å². The van der Waals surface area contributed by atoms with Gasteiger partial charge in [-0.2, -0.15) is 5.26 Å². The standard InChI is InChI=1S/C16H20BrN3/c17-15-2-1-3-16(14(15)10-18)20(13-4-5-13)11-12-6-8-19-9-7-12/h1-3,12-13,19H,4-9,11H2. The number of hydrogen-bond acceptors (Lipinski definition) is 3. The maximum Gasteiger partial charge on any atom is 0.103 e. The van der Waals surface area contributed by atoms with Crippen LogP contribution >= 0.6 is 15.9 Å². The lowest BCUT2D eigenvalue weighted by molar-refractivity contribution is 0.372. The van der Waals surface area contributed by atoms with Crippen LogP contribution in [0.3, 0.4) is 0 Å². The van der Waals surface area contributed by atoms with E-state index in [4.69, 9.17) is 0 Å². The van der Waals surface area contributed by atoms with Crippen LogP contribution in [0.5, 0.6) is 0 Å². The molecule has 1 heterocycles. The molecule has 3 nitrogen and oxygen atoms in total. The number of nitrogens with zero attached hydrogens (tertiary/aromatic N) is 2. The number of piperidine rings is 1. The molecule has 1 aliphatic heterocycles. The highest BCUT2D eigenvalue weighted by molar-refractivity contribution is 9.10. The summed E-state index contributed by atoms with van der Waals surface area (Å²) in [5.41, 5.74) is 1.90. The van der Waals surface area contributed by atoms with Gasteiger partial charge in [0.15, 0.2) is 0 Å². The number of anilines is 1. The monoisotopic (exact) mass is 333 g/mol. The molecule has 0 amide bonds. The van der Waals surface area contributed by atoms with E-state index >= 15 is 0 Å². The van der Waals surface area contributed by atoms with E-state index in [1.54, 1.807) is 0 Å². The predicted molar refractivity (Wildman–Crippen MR) is 84.8 cm³/mol. The maximum absolute atomic E-state index is 9.44. The van der Waals surface area contributed by atoms with Gasteiger partial charge in [0.2, 0.25) is 0 Å². The summed E-state index contributed by atoms with van der Waals surface area (Å²) in [5, 5.41) is 12.9. The third-order valence-corrected chi connectivity index (χ3v) is 4.97. The fourth-order valence-electron chi connectivity index (χ4n) is 3.04. The van der Waals surface area contributed by atoms with E-state index in [2.05, 4.69) is 38.3 Å². The molecule has 1 saturated heterocycles. The Balaban J connectivity index is 1.83. The molecule has 1 N–H and O–H groups in total. The van der Waals surface area contributed by atoms with E-state index in [1.165, 1.54) is 25.7 Å². The van der Waals surface area contributed by atoms with Crippen LogP contribution < -0.4 is 10.2 Å². The Kier molecular flexibility index (Phi) is 4.28. The summed E-state index contributed by atoms with van der Waals surface area (Å²) in [7, 11) is 0. The van der Waals surface area contributed by atoms with E-state index < -0.39 is 0 Å². The molecule has 2 fully saturated rings. The topological polar surface area (TPSA) is 39.1 Å². The van der Waals surface area contributed by atoms with Crippen molar-refractivity contribution in [2.24, 2.45) is 5.92 Å². The Morgan fingerprint density at radius 1 is 1.25 bits per heavy atom. The average Bonchev–Trinajstić information content (AvgIpc) is 3.30. The lowest BCUT2D eigenvalue weighted by Crippen LogP contribution is -2.37. The largest absolute Gasteiger partial charge is 0.367 e. The van der Waals surface area contributed by atoms with E-state index in [9.17, 15) is 5.26 Å². The number of rotatable bonds is 4. The predicted octanol–water partition coefficient (Wildman–Crippen LogP) is 3.29. The molecule has 0 bridgehead atoms. The maximum atomic E-state index is 9.44. The summed E-state index contributed by atoms with van der Waals surface area (Å²) in [5.74, 6) is 0.752. The van der Waals surface area contributed by atoms with Crippen LogP contribution in [0, 0.1) is 17.2 Å². The van der Waals surface area contributed by atoms with Crippen LogP contribution in [-0.4, -0.2) is 25.7 Å². The zero-order valence-corrected chi connectivity index (χ0v) is 13.2. The minimum atomic E-state index is 0.645. The van der Waals surface area contributed by atoms with E-state index in [0.717, 1.165) is 41.3 Å². The molecule has 0 atom stereocenters. The first-order valence-corrected chi connectivity index (χ1v) is 8.25. The molecule has 3 rings (SSSR count). The number of nitrogens with one attached hydrogen (secondary N) is 1. The summed E-state index contributed by atoms with van der Waals surface area (Å²) in [4.78, 5) is 2.49. The van der Waals surface area contributed by atoms with Crippen molar-refractivity contribution in [1.82, 2.24) is 5.32 Å². The quantitative estimate of drug-likeness (QED) is 0.918. The first-order chi connectivity index (χ1) is 9.79. The lowest BCUT2D eigenvalue weighted by atomic mass is 9.97. The molecule has 1 aliphatic carbocycles. The summed E-state index contributed by atoms with van der Waals surface area (Å²) >= 11 is 3.51. The van der Waals surface area contributed by atoms with Gasteiger partial charge in [0.25, 0.3) is 0 Å². The van der Waals surface area contributed by atoms with Gasteiger partial charge in [-0.05, 0) is 72.8 Å². The fraction of sp³-hybridized carbons (Fsp3) is 0.562. The molecule has 1 aromatic carbocycles. The smallest absolute Gasteiger partial charge is 0.103 e. The molecule has 106 valence electrons. The highest BCUT2D eigenvalue weighted by Crippen LogP contribution is 2.37. The van der Waals surface area contributed by atoms with Gasteiger partial charge in [-0.15, -0.1) is 0 Å². The summed E-state index contributed by atoms with van der Waals surface area (Å²) in [6.45, 7) is 3.36. The van der Waals surface area contributed by atoms with Gasteiger partial charge in [-0.3, -0.25) is 0 Å². The SMILES string of the molecule is N#Cc1c(Br)cccc1N(CC1CCNCC1)C1CC1. The first kappa shape index (κ1) is 13.9. The van der Waals surface area contributed by atoms with Crippen molar-refractivity contribution in [3.05, 3.63) is 28.2 Å². The first-order valence-electron chi connectivity index (χ1n) is 7.45. The molecular weight excluding hydrogens is 314 g/mol. The summed E-state index contributed by atoms with van der Waals surface area (Å²) in [6, 6.07) is 9.10. The molecule has 0 spiro atoms. The van der Waals surface area contributed by atoms with Crippen LogP contribution in [0.4, 0.5) is 5.69 Å². The van der Waals surface area contributed by atoms with Crippen molar-refractivity contribution in [1.29, 1.82) is 5.26 Å². The summed E-state index contributed by atoms with van der Waals surface area (Å²) in [6.07, 6.45) is 5.03. The normalized spacial score (nSPS) is 19.6. The van der Waals surface area contributed by atoms with Crippen molar-refractivity contribution in [3.63, 3.8) is 0 Å². The van der Waals surface area contributed by atoms with E-state index in [1.807, 2.05) is 12.1 Å². The van der Waals surface area contributed by atoms with Crippen molar-refractivity contribution < 1.29 is 0 Å². The Morgan fingerprint density at radius 3 is 2.65 bits per heavy atom. The fourth-order valence-corrected chi connectivity index (χ4v) is 3.48. The van der Waals surface area contributed by atoms with Gasteiger partial charge < -0.3 is 10.2 Å². The second-order valence-corrected chi connectivity index (χ2v) is 6.68. The Morgan fingerprint density at radius 2 is 2.00 bits per heavy atom. The Hall–Kier alpha value is -1.05. The highest BCUT2D eigenvalue weighted by atomic mass is 79.9. The lowest BCUT2D eigenvalue weighted by Gasteiger charge is -2.32. The third kappa shape index (κ3) is 2.99. The van der Waals surface area contributed by atoms with Gasteiger partial charge in [0.05, 0.1) is 11.3 Å². The number of nitriles is 1. The second-order valence-electron chi connectivity index (χ2n) is 5.82. The molecule has 2 aliphatic rings. The molecule has 1 aromatic rings. The Labute approximate surface area is 129 Å². The van der Waals surface area contributed by atoms with Gasteiger partial charge in [-0.25, -0.2) is 0 Å². The molecule has 1 saturated carbocycles. The highest BCUT2D eigenvalue weighted by Gasteiger charge is 2.32. The second kappa shape index (κ2) is 6.15. The third-order valence-electron chi connectivity index (χ3n) is 4.31. The minimum Gasteiger partial charge on any atom is -0.367 e. The molecule has 0 radical (unpaired) electrons. The van der Waals surface area contributed by atoms with Crippen LogP contribution in [-0.2, 0) is 0 Å². The summed E-state index contributed by atoms with van der Waals surface area (Å²) < 4.78 is 0.911. The molecule has 0 unspecified atom stereocenters. The van der Waals surface area contributed by atoms with Gasteiger partial charge in [-0.1, -0.05) is 6.07 Å². The molecule has 20 heavy (non-hydrogen) atoms. The van der Waals surface area contributed by atoms with Crippen LogP contribution in [0.2, 0.25) is 0 Å². The number of hydrogen-bond donors (Lipinski definition) is 1. The van der Waals surface area contributed by atoms with Gasteiger partial charge in [0, 0.05) is 17.1 Å². The van der Waals surface area contributed by atoms with E-state index in [-0.39, 0.29) is 0 Å². The zero-order chi connectivity index (χ0) is 13.9. The van der Waals surface area contributed by atoms with Crippen LogP contribution in [0.15, 0.2) is 22.7 Å². The van der Waals surface area contributed by atoms with Crippen molar-refractivity contribution in [3.8, 4) is 6.07 Å². The average molecular weight is 334 g/mol. The minimum absolute atomic E-state index is 0.645. The number of halogens is 1. The van der Waals surface area contributed by atoms with Crippen LogP contribution in [0.1, 0.15) is 31.2 Å². The molecule has 4 heteroatoms. The zero-order valence-electron chi connectivity index (χ0n) is 11.6. The van der Waals surface area contributed by atoms with Crippen LogP contribution in [0.25, 0.3) is 0 Å². The molecular formula is C16H20BrN3. The van der Waals surface area contributed by atoms with E-state index in [0.29, 0.717) is 6.04 Å².